The van der Waals surface area contributed by atoms with Gasteiger partial charge in [-0.25, -0.2) is 0 Å². The Hall–Kier alpha value is -2.62. The van der Waals surface area contributed by atoms with Crippen LogP contribution in [-0.4, -0.2) is 19.7 Å². The molecule has 0 bridgehead atoms. The molecular formula is C16H13F3N4O2S. The van der Waals surface area contributed by atoms with Crippen LogP contribution in [0.5, 0.6) is 0 Å². The number of hydrogen-bond donors (Lipinski definition) is 0. The Bertz CT molecular complexity index is 968. The number of benzene rings is 1. The first-order chi connectivity index (χ1) is 12.4. The third-order valence-electron chi connectivity index (χ3n) is 3.43. The number of rotatable bonds is 5. The molecule has 6 nitrogen and oxygen atoms in total. The summed E-state index contributed by atoms with van der Waals surface area (Å²) in [4.78, 5) is 19.4. The molecule has 3 rings (SSSR count). The smallest absolute Gasteiger partial charge is 0.338 e. The summed E-state index contributed by atoms with van der Waals surface area (Å²) in [7, 11) is 0. The number of aryl methyl sites for hydroxylation is 1. The molecule has 0 unspecified atom stereocenters. The van der Waals surface area contributed by atoms with Gasteiger partial charge in [0.15, 0.2) is 5.16 Å². The lowest BCUT2D eigenvalue weighted by atomic mass is 10.1. The SMILES string of the molecule is CCn1ccc(=O)nc1SCc1nc(-c2cccc(C(F)(F)F)c2)no1. The molecule has 0 N–H and O–H groups in total. The van der Waals surface area contributed by atoms with Crippen LogP contribution in [0.4, 0.5) is 13.2 Å². The highest BCUT2D eigenvalue weighted by Crippen LogP contribution is 2.31. The molecule has 2 aromatic heterocycles. The van der Waals surface area contributed by atoms with Crippen molar-refractivity contribution in [3.05, 3.63) is 58.3 Å². The number of hydrogen-bond acceptors (Lipinski definition) is 6. The lowest BCUT2D eigenvalue weighted by molar-refractivity contribution is -0.137. The molecule has 0 fully saturated rings. The van der Waals surface area contributed by atoms with E-state index < -0.39 is 11.7 Å². The molecule has 0 saturated carbocycles. The van der Waals surface area contributed by atoms with Crippen LogP contribution in [-0.2, 0) is 18.5 Å². The fourth-order valence-corrected chi connectivity index (χ4v) is 3.04. The molecule has 0 aliphatic heterocycles. The van der Waals surface area contributed by atoms with E-state index >= 15 is 0 Å². The van der Waals surface area contributed by atoms with Crippen LogP contribution in [0, 0.1) is 0 Å². The maximum absolute atomic E-state index is 12.8. The fourth-order valence-electron chi connectivity index (χ4n) is 2.16. The van der Waals surface area contributed by atoms with E-state index in [1.54, 1.807) is 10.8 Å². The zero-order chi connectivity index (χ0) is 18.7. The predicted octanol–water partition coefficient (Wildman–Crippen LogP) is 3.62. The second-order valence-corrected chi connectivity index (χ2v) is 6.16. The predicted molar refractivity (Wildman–Crippen MR) is 88.5 cm³/mol. The van der Waals surface area contributed by atoms with Gasteiger partial charge in [-0.1, -0.05) is 29.1 Å². The van der Waals surface area contributed by atoms with E-state index in [0.717, 1.165) is 12.1 Å². The number of nitrogens with zero attached hydrogens (tertiary/aromatic N) is 4. The molecule has 136 valence electrons. The highest BCUT2D eigenvalue weighted by Gasteiger charge is 2.30. The van der Waals surface area contributed by atoms with E-state index in [9.17, 15) is 18.0 Å². The molecule has 10 heteroatoms. The van der Waals surface area contributed by atoms with Gasteiger partial charge in [0, 0.05) is 24.4 Å². The van der Waals surface area contributed by atoms with E-state index in [2.05, 4.69) is 15.1 Å². The van der Waals surface area contributed by atoms with Crippen LogP contribution in [0.2, 0.25) is 0 Å². The fraction of sp³-hybridized carbons (Fsp3) is 0.250. The molecule has 0 spiro atoms. The van der Waals surface area contributed by atoms with Crippen molar-refractivity contribution in [2.24, 2.45) is 0 Å². The molecule has 0 aliphatic rings. The minimum atomic E-state index is -4.44. The average Bonchev–Trinajstić information content (AvgIpc) is 3.08. The number of alkyl halides is 3. The largest absolute Gasteiger partial charge is 0.416 e. The Kier molecular flexibility index (Phi) is 5.12. The molecule has 3 aromatic rings. The van der Waals surface area contributed by atoms with Crippen LogP contribution >= 0.6 is 11.8 Å². The monoisotopic (exact) mass is 382 g/mol. The van der Waals surface area contributed by atoms with Crippen molar-refractivity contribution in [3.8, 4) is 11.4 Å². The van der Waals surface area contributed by atoms with Crippen molar-refractivity contribution >= 4 is 11.8 Å². The second-order valence-electron chi connectivity index (χ2n) is 5.21. The van der Waals surface area contributed by atoms with Crippen molar-refractivity contribution in [3.63, 3.8) is 0 Å². The third kappa shape index (κ3) is 4.13. The second kappa shape index (κ2) is 7.32. The summed E-state index contributed by atoms with van der Waals surface area (Å²) < 4.78 is 45.3. The first-order valence-corrected chi connectivity index (χ1v) is 8.56. The standard InChI is InChI=1S/C16H13F3N4O2S/c1-2-23-7-6-12(24)20-15(23)26-9-13-21-14(22-25-13)10-4-3-5-11(8-10)16(17,18)19/h3-8H,2,9H2,1H3. The van der Waals surface area contributed by atoms with E-state index in [1.165, 1.54) is 30.0 Å². The van der Waals surface area contributed by atoms with Gasteiger partial charge in [-0.15, -0.1) is 0 Å². The number of thioether (sulfide) groups is 1. The van der Waals surface area contributed by atoms with Crippen LogP contribution in [0.25, 0.3) is 11.4 Å². The van der Waals surface area contributed by atoms with E-state index in [4.69, 9.17) is 4.52 Å². The zero-order valence-electron chi connectivity index (χ0n) is 13.5. The summed E-state index contributed by atoms with van der Waals surface area (Å²) in [6.07, 6.45) is -2.80. The number of halogens is 3. The van der Waals surface area contributed by atoms with Crippen molar-refractivity contribution in [1.82, 2.24) is 19.7 Å². The van der Waals surface area contributed by atoms with Crippen molar-refractivity contribution in [2.75, 3.05) is 0 Å². The van der Waals surface area contributed by atoms with Crippen LogP contribution < -0.4 is 5.56 Å². The summed E-state index contributed by atoms with van der Waals surface area (Å²) in [5, 5.41) is 4.23. The van der Waals surface area contributed by atoms with Crippen LogP contribution in [0.1, 0.15) is 18.4 Å². The average molecular weight is 382 g/mol. The van der Waals surface area contributed by atoms with Gasteiger partial charge >= 0.3 is 6.18 Å². The van der Waals surface area contributed by atoms with Gasteiger partial charge < -0.3 is 9.09 Å². The molecule has 0 amide bonds. The zero-order valence-corrected chi connectivity index (χ0v) is 14.3. The lowest BCUT2D eigenvalue weighted by Gasteiger charge is -2.07. The highest BCUT2D eigenvalue weighted by molar-refractivity contribution is 7.98. The Balaban J connectivity index is 1.77. The van der Waals surface area contributed by atoms with E-state index in [-0.39, 0.29) is 28.6 Å². The quantitative estimate of drug-likeness (QED) is 0.496. The van der Waals surface area contributed by atoms with Gasteiger partial charge in [-0.05, 0) is 19.1 Å². The molecule has 1 aromatic carbocycles. The minimum absolute atomic E-state index is 0.0700. The van der Waals surface area contributed by atoms with Crippen LogP contribution in [0.15, 0.2) is 51.0 Å². The first-order valence-electron chi connectivity index (χ1n) is 7.57. The lowest BCUT2D eigenvalue weighted by Crippen LogP contribution is -2.12. The van der Waals surface area contributed by atoms with Crippen molar-refractivity contribution in [2.45, 2.75) is 30.6 Å². The Labute approximate surface area is 150 Å². The van der Waals surface area contributed by atoms with Gasteiger partial charge in [0.1, 0.15) is 0 Å². The molecule has 0 atom stereocenters. The highest BCUT2D eigenvalue weighted by atomic mass is 32.2. The Morgan fingerprint density at radius 1 is 1.23 bits per heavy atom. The minimum Gasteiger partial charge on any atom is -0.338 e. The normalized spacial score (nSPS) is 11.7. The van der Waals surface area contributed by atoms with Gasteiger partial charge in [0.2, 0.25) is 11.7 Å². The maximum Gasteiger partial charge on any atom is 0.416 e. The molecule has 26 heavy (non-hydrogen) atoms. The Morgan fingerprint density at radius 2 is 2.04 bits per heavy atom. The summed E-state index contributed by atoms with van der Waals surface area (Å²) >= 11 is 1.23. The van der Waals surface area contributed by atoms with E-state index in [1.807, 2.05) is 6.92 Å². The summed E-state index contributed by atoms with van der Waals surface area (Å²) in [6, 6.07) is 6.08. The summed E-state index contributed by atoms with van der Waals surface area (Å²) in [5.41, 5.74) is -0.924. The topological polar surface area (TPSA) is 73.8 Å². The van der Waals surface area contributed by atoms with Crippen molar-refractivity contribution in [1.29, 1.82) is 0 Å². The van der Waals surface area contributed by atoms with Crippen LogP contribution in [0.3, 0.4) is 0 Å². The number of aromatic nitrogens is 4. The van der Waals surface area contributed by atoms with Crippen molar-refractivity contribution < 1.29 is 17.7 Å². The molecule has 0 radical (unpaired) electrons. The van der Waals surface area contributed by atoms with Gasteiger partial charge in [0.05, 0.1) is 11.3 Å². The molecule has 2 heterocycles. The molecule has 0 aliphatic carbocycles. The van der Waals surface area contributed by atoms with Gasteiger partial charge in [-0.2, -0.15) is 23.1 Å². The summed E-state index contributed by atoms with van der Waals surface area (Å²) in [6.45, 7) is 2.55. The van der Waals surface area contributed by atoms with Gasteiger partial charge in [0.25, 0.3) is 5.56 Å². The first kappa shape index (κ1) is 18.2. The molecule has 0 saturated heterocycles. The van der Waals surface area contributed by atoms with E-state index in [0.29, 0.717) is 11.7 Å². The Morgan fingerprint density at radius 3 is 2.77 bits per heavy atom. The maximum atomic E-state index is 12.8. The molecular weight excluding hydrogens is 369 g/mol. The van der Waals surface area contributed by atoms with Gasteiger partial charge in [-0.3, -0.25) is 4.79 Å². The summed E-state index contributed by atoms with van der Waals surface area (Å²) in [5.74, 6) is 0.534. The third-order valence-corrected chi connectivity index (χ3v) is 4.41.